The molecule has 0 heterocycles. The third-order valence-corrected chi connectivity index (χ3v) is 4.52. The van der Waals surface area contributed by atoms with Crippen molar-refractivity contribution >= 4 is 11.6 Å². The van der Waals surface area contributed by atoms with Crippen LogP contribution in [0, 0.1) is 20.8 Å². The molecule has 3 aromatic carbocycles. The lowest BCUT2D eigenvalue weighted by atomic mass is 9.91. The molecular weight excluding hydrogens is 324 g/mol. The van der Waals surface area contributed by atoms with E-state index in [9.17, 15) is 14.7 Å². The van der Waals surface area contributed by atoms with E-state index in [0.29, 0.717) is 11.1 Å². The van der Waals surface area contributed by atoms with Crippen LogP contribution in [0.5, 0.6) is 5.75 Å². The lowest BCUT2D eigenvalue weighted by Crippen LogP contribution is -2.09. The SMILES string of the molecule is Cc1cc(C(=O)c2ccccc2C)c(O)c(C(=O)c2ccccc2C)c1. The Balaban J connectivity index is 2.13. The molecular formula is C23H20O3. The topological polar surface area (TPSA) is 54.4 Å². The summed E-state index contributed by atoms with van der Waals surface area (Å²) >= 11 is 0. The molecule has 3 rings (SSSR count). The number of carbonyl (C=O) groups is 2. The van der Waals surface area contributed by atoms with Gasteiger partial charge < -0.3 is 5.11 Å². The predicted molar refractivity (Wildman–Crippen MR) is 102 cm³/mol. The first-order valence-corrected chi connectivity index (χ1v) is 8.44. The molecule has 0 bridgehead atoms. The Morgan fingerprint density at radius 1 is 0.654 bits per heavy atom. The highest BCUT2D eigenvalue weighted by Gasteiger charge is 2.23. The number of hydrogen-bond donors (Lipinski definition) is 1. The minimum Gasteiger partial charge on any atom is -0.506 e. The first-order chi connectivity index (χ1) is 12.4. The summed E-state index contributed by atoms with van der Waals surface area (Å²) in [5.74, 6) is -0.844. The monoisotopic (exact) mass is 344 g/mol. The van der Waals surface area contributed by atoms with Crippen molar-refractivity contribution in [2.24, 2.45) is 0 Å². The van der Waals surface area contributed by atoms with Crippen molar-refractivity contribution < 1.29 is 14.7 Å². The van der Waals surface area contributed by atoms with Crippen LogP contribution < -0.4 is 0 Å². The van der Waals surface area contributed by atoms with Crippen molar-refractivity contribution in [3.8, 4) is 5.75 Å². The van der Waals surface area contributed by atoms with Crippen molar-refractivity contribution in [2.45, 2.75) is 20.8 Å². The second-order valence-corrected chi connectivity index (χ2v) is 6.50. The molecule has 3 nitrogen and oxygen atoms in total. The number of ketones is 2. The minimum absolute atomic E-state index is 0.149. The van der Waals surface area contributed by atoms with Crippen LogP contribution in [0.25, 0.3) is 0 Å². The molecule has 3 heteroatoms. The highest BCUT2D eigenvalue weighted by Crippen LogP contribution is 2.30. The number of carbonyl (C=O) groups excluding carboxylic acids is 2. The first kappa shape index (κ1) is 17.6. The first-order valence-electron chi connectivity index (χ1n) is 8.44. The zero-order valence-corrected chi connectivity index (χ0v) is 15.0. The molecule has 0 aliphatic heterocycles. The third-order valence-electron chi connectivity index (χ3n) is 4.52. The minimum atomic E-state index is -0.289. The van der Waals surface area contributed by atoms with Gasteiger partial charge in [-0.25, -0.2) is 0 Å². The maximum atomic E-state index is 12.9. The van der Waals surface area contributed by atoms with Gasteiger partial charge in [0.05, 0.1) is 11.1 Å². The Labute approximate surface area is 152 Å². The quantitative estimate of drug-likeness (QED) is 0.693. The van der Waals surface area contributed by atoms with Crippen molar-refractivity contribution in [2.75, 3.05) is 0 Å². The van der Waals surface area contributed by atoms with Crippen molar-refractivity contribution in [3.05, 3.63) is 99.6 Å². The molecule has 0 aliphatic rings. The summed E-state index contributed by atoms with van der Waals surface area (Å²) in [6.07, 6.45) is 0. The van der Waals surface area contributed by atoms with Crippen molar-refractivity contribution in [1.82, 2.24) is 0 Å². The lowest BCUT2D eigenvalue weighted by molar-refractivity contribution is 0.103. The molecule has 0 amide bonds. The highest BCUT2D eigenvalue weighted by atomic mass is 16.3. The third kappa shape index (κ3) is 3.16. The molecule has 3 aromatic rings. The summed E-state index contributed by atoms with van der Waals surface area (Å²) in [5, 5.41) is 10.7. The summed E-state index contributed by atoms with van der Waals surface area (Å²) in [5.41, 5.74) is 3.73. The van der Waals surface area contributed by atoms with Gasteiger partial charge in [-0.1, -0.05) is 48.5 Å². The van der Waals surface area contributed by atoms with Crippen LogP contribution in [0.4, 0.5) is 0 Å². The molecule has 1 N–H and O–H groups in total. The summed E-state index contributed by atoms with van der Waals surface area (Å²) in [4.78, 5) is 25.9. The van der Waals surface area contributed by atoms with E-state index in [1.807, 2.05) is 45.0 Å². The second-order valence-electron chi connectivity index (χ2n) is 6.50. The Kier molecular flexibility index (Phi) is 4.72. The van der Waals surface area contributed by atoms with Gasteiger partial charge in [-0.3, -0.25) is 9.59 Å². The standard InChI is InChI=1S/C23H20O3/c1-14-12-19(21(24)17-10-6-4-8-15(17)2)23(26)20(13-14)22(25)18-11-7-5-9-16(18)3/h4-13,26H,1-3H3. The molecule has 26 heavy (non-hydrogen) atoms. The number of benzene rings is 3. The average Bonchev–Trinajstić information content (AvgIpc) is 2.63. The zero-order chi connectivity index (χ0) is 18.8. The predicted octanol–water partition coefficient (Wildman–Crippen LogP) is 4.78. The van der Waals surface area contributed by atoms with Gasteiger partial charge in [0, 0.05) is 11.1 Å². The average molecular weight is 344 g/mol. The number of phenols is 1. The molecule has 0 atom stereocenters. The number of phenolic OH excluding ortho intramolecular Hbond substituents is 1. The number of hydrogen-bond acceptors (Lipinski definition) is 3. The fourth-order valence-electron chi connectivity index (χ4n) is 3.07. The second kappa shape index (κ2) is 6.96. The van der Waals surface area contributed by atoms with Gasteiger partial charge in [-0.2, -0.15) is 0 Å². The van der Waals surface area contributed by atoms with Gasteiger partial charge in [-0.05, 0) is 49.6 Å². The molecule has 130 valence electrons. The van der Waals surface area contributed by atoms with E-state index in [-0.39, 0.29) is 28.4 Å². The molecule has 0 unspecified atom stereocenters. The molecule has 0 spiro atoms. The van der Waals surface area contributed by atoms with Gasteiger partial charge in [0.1, 0.15) is 5.75 Å². The van der Waals surface area contributed by atoms with Gasteiger partial charge in [0.2, 0.25) is 0 Å². The fraction of sp³-hybridized carbons (Fsp3) is 0.130. The molecule has 0 aromatic heterocycles. The molecule has 0 saturated heterocycles. The Morgan fingerprint density at radius 3 is 1.42 bits per heavy atom. The van der Waals surface area contributed by atoms with Crippen LogP contribution in [-0.4, -0.2) is 16.7 Å². The number of aryl methyl sites for hydroxylation is 3. The van der Waals surface area contributed by atoms with Crippen LogP contribution in [0.2, 0.25) is 0 Å². The Hall–Kier alpha value is -3.20. The van der Waals surface area contributed by atoms with E-state index >= 15 is 0 Å². The van der Waals surface area contributed by atoms with Gasteiger partial charge in [0.25, 0.3) is 0 Å². The number of rotatable bonds is 4. The highest BCUT2D eigenvalue weighted by molar-refractivity contribution is 6.17. The Morgan fingerprint density at radius 2 is 1.04 bits per heavy atom. The zero-order valence-electron chi connectivity index (χ0n) is 15.0. The van der Waals surface area contributed by atoms with Crippen molar-refractivity contribution in [3.63, 3.8) is 0 Å². The smallest absolute Gasteiger partial charge is 0.197 e. The van der Waals surface area contributed by atoms with Gasteiger partial charge in [0.15, 0.2) is 11.6 Å². The molecule has 0 aliphatic carbocycles. The number of aromatic hydroxyl groups is 1. The van der Waals surface area contributed by atoms with Crippen LogP contribution in [-0.2, 0) is 0 Å². The lowest BCUT2D eigenvalue weighted by Gasteiger charge is -2.12. The van der Waals surface area contributed by atoms with Crippen LogP contribution in [0.3, 0.4) is 0 Å². The van der Waals surface area contributed by atoms with Gasteiger partial charge in [-0.15, -0.1) is 0 Å². The molecule has 0 fully saturated rings. The normalized spacial score (nSPS) is 10.6. The van der Waals surface area contributed by atoms with Crippen molar-refractivity contribution in [1.29, 1.82) is 0 Å². The van der Waals surface area contributed by atoms with E-state index in [1.54, 1.807) is 36.4 Å². The fourth-order valence-corrected chi connectivity index (χ4v) is 3.07. The Bertz CT molecular complexity index is 937. The van der Waals surface area contributed by atoms with E-state index in [2.05, 4.69) is 0 Å². The largest absolute Gasteiger partial charge is 0.506 e. The van der Waals surface area contributed by atoms with Gasteiger partial charge >= 0.3 is 0 Å². The van der Waals surface area contributed by atoms with E-state index in [4.69, 9.17) is 0 Å². The van der Waals surface area contributed by atoms with Crippen LogP contribution in [0.1, 0.15) is 48.5 Å². The maximum absolute atomic E-state index is 12.9. The van der Waals surface area contributed by atoms with E-state index in [1.165, 1.54) is 0 Å². The maximum Gasteiger partial charge on any atom is 0.197 e. The van der Waals surface area contributed by atoms with E-state index in [0.717, 1.165) is 16.7 Å². The summed E-state index contributed by atoms with van der Waals surface area (Å²) in [7, 11) is 0. The molecule has 0 radical (unpaired) electrons. The summed E-state index contributed by atoms with van der Waals surface area (Å²) in [6, 6.07) is 17.7. The van der Waals surface area contributed by atoms with E-state index < -0.39 is 0 Å². The van der Waals surface area contributed by atoms with Crippen LogP contribution >= 0.6 is 0 Å². The summed E-state index contributed by atoms with van der Waals surface area (Å²) < 4.78 is 0. The summed E-state index contributed by atoms with van der Waals surface area (Å²) in [6.45, 7) is 5.50. The molecule has 0 saturated carbocycles. The van der Waals surface area contributed by atoms with Crippen LogP contribution in [0.15, 0.2) is 60.7 Å².